The standard InChI is InChI=1S/C7H11N3O2/c1-4-9-10-7(12-4)8-5-2-6(11)3-5/h5-6,11H,2-3H2,1H3,(H,8,10). The molecule has 0 amide bonds. The molecule has 1 aromatic rings. The normalized spacial score (nSPS) is 28.2. The fourth-order valence-corrected chi connectivity index (χ4v) is 1.24. The molecule has 1 heterocycles. The van der Waals surface area contributed by atoms with Gasteiger partial charge in [0.25, 0.3) is 0 Å². The molecule has 1 saturated carbocycles. The zero-order valence-corrected chi connectivity index (χ0v) is 6.82. The molecule has 1 aliphatic carbocycles. The van der Waals surface area contributed by atoms with Crippen LogP contribution in [0.1, 0.15) is 18.7 Å². The molecule has 2 rings (SSSR count). The second-order valence-corrected chi connectivity index (χ2v) is 3.09. The monoisotopic (exact) mass is 169 g/mol. The molecular formula is C7H11N3O2. The van der Waals surface area contributed by atoms with Crippen LogP contribution in [-0.2, 0) is 0 Å². The van der Waals surface area contributed by atoms with E-state index in [0.717, 1.165) is 12.8 Å². The summed E-state index contributed by atoms with van der Waals surface area (Å²) in [5.41, 5.74) is 0. The van der Waals surface area contributed by atoms with Gasteiger partial charge in [0.1, 0.15) is 0 Å². The van der Waals surface area contributed by atoms with Gasteiger partial charge in [-0.3, -0.25) is 0 Å². The SMILES string of the molecule is Cc1nnc(NC2CC(O)C2)o1. The summed E-state index contributed by atoms with van der Waals surface area (Å²) in [6.45, 7) is 1.74. The smallest absolute Gasteiger partial charge is 0.315 e. The molecule has 5 nitrogen and oxygen atoms in total. The van der Waals surface area contributed by atoms with Gasteiger partial charge in [-0.15, -0.1) is 5.10 Å². The molecular weight excluding hydrogens is 158 g/mol. The number of aliphatic hydroxyl groups is 1. The van der Waals surface area contributed by atoms with Crippen molar-refractivity contribution in [2.75, 3.05) is 5.32 Å². The lowest BCUT2D eigenvalue weighted by Gasteiger charge is -2.30. The molecule has 0 aromatic carbocycles. The predicted molar refractivity (Wildman–Crippen MR) is 41.7 cm³/mol. The van der Waals surface area contributed by atoms with Crippen molar-refractivity contribution in [2.24, 2.45) is 0 Å². The zero-order chi connectivity index (χ0) is 8.55. The van der Waals surface area contributed by atoms with E-state index in [-0.39, 0.29) is 6.10 Å². The molecule has 1 aromatic heterocycles. The maximum absolute atomic E-state index is 8.99. The van der Waals surface area contributed by atoms with E-state index in [0.29, 0.717) is 17.9 Å². The molecule has 2 N–H and O–H groups in total. The van der Waals surface area contributed by atoms with E-state index in [9.17, 15) is 0 Å². The predicted octanol–water partition coefficient (Wildman–Crippen LogP) is 0.313. The first-order valence-electron chi connectivity index (χ1n) is 3.99. The summed E-state index contributed by atoms with van der Waals surface area (Å²) in [4.78, 5) is 0. The van der Waals surface area contributed by atoms with Crippen molar-refractivity contribution < 1.29 is 9.52 Å². The van der Waals surface area contributed by atoms with Gasteiger partial charge in [-0.25, -0.2) is 0 Å². The Hall–Kier alpha value is -1.10. The molecule has 0 saturated heterocycles. The van der Waals surface area contributed by atoms with Crippen LogP contribution in [0, 0.1) is 6.92 Å². The molecule has 0 atom stereocenters. The summed E-state index contributed by atoms with van der Waals surface area (Å²) >= 11 is 0. The summed E-state index contributed by atoms with van der Waals surface area (Å²) in [5.74, 6) is 0.553. The first-order chi connectivity index (χ1) is 5.74. The van der Waals surface area contributed by atoms with E-state index in [4.69, 9.17) is 9.52 Å². The second kappa shape index (κ2) is 2.75. The van der Waals surface area contributed by atoms with Crippen LogP contribution < -0.4 is 5.32 Å². The largest absolute Gasteiger partial charge is 0.408 e. The molecule has 66 valence electrons. The van der Waals surface area contributed by atoms with Gasteiger partial charge < -0.3 is 14.8 Å². The number of aryl methyl sites for hydroxylation is 1. The molecule has 0 unspecified atom stereocenters. The third-order valence-electron chi connectivity index (χ3n) is 1.97. The molecule has 0 aliphatic heterocycles. The number of hydrogen-bond acceptors (Lipinski definition) is 5. The Morgan fingerprint density at radius 1 is 1.50 bits per heavy atom. The average molecular weight is 169 g/mol. The number of nitrogens with one attached hydrogen (secondary N) is 1. The number of nitrogens with zero attached hydrogens (tertiary/aromatic N) is 2. The lowest BCUT2D eigenvalue weighted by molar-refractivity contribution is 0.0828. The Balaban J connectivity index is 1.88. The topological polar surface area (TPSA) is 71.2 Å². The van der Waals surface area contributed by atoms with Crippen LogP contribution in [0.5, 0.6) is 0 Å². The maximum Gasteiger partial charge on any atom is 0.315 e. The summed E-state index contributed by atoms with van der Waals surface area (Å²) < 4.78 is 5.11. The average Bonchev–Trinajstić information content (AvgIpc) is 2.33. The number of hydrogen-bond donors (Lipinski definition) is 2. The Morgan fingerprint density at radius 2 is 2.25 bits per heavy atom. The van der Waals surface area contributed by atoms with E-state index < -0.39 is 0 Å². The van der Waals surface area contributed by atoms with Gasteiger partial charge in [-0.1, -0.05) is 5.10 Å². The molecule has 1 fully saturated rings. The van der Waals surface area contributed by atoms with Crippen molar-refractivity contribution in [3.63, 3.8) is 0 Å². The van der Waals surface area contributed by atoms with Gasteiger partial charge in [-0.05, 0) is 12.8 Å². The maximum atomic E-state index is 8.99. The van der Waals surface area contributed by atoms with E-state index in [1.165, 1.54) is 0 Å². The van der Waals surface area contributed by atoms with Gasteiger partial charge in [0, 0.05) is 13.0 Å². The van der Waals surface area contributed by atoms with Crippen molar-refractivity contribution >= 4 is 6.01 Å². The van der Waals surface area contributed by atoms with Gasteiger partial charge in [0.05, 0.1) is 6.10 Å². The van der Waals surface area contributed by atoms with Crippen LogP contribution in [-0.4, -0.2) is 27.4 Å². The Labute approximate surface area is 69.8 Å². The minimum atomic E-state index is -0.161. The van der Waals surface area contributed by atoms with Crippen molar-refractivity contribution in [1.82, 2.24) is 10.2 Å². The minimum Gasteiger partial charge on any atom is -0.408 e. The Morgan fingerprint density at radius 3 is 2.75 bits per heavy atom. The fourth-order valence-electron chi connectivity index (χ4n) is 1.24. The highest BCUT2D eigenvalue weighted by Gasteiger charge is 2.28. The molecule has 0 spiro atoms. The quantitative estimate of drug-likeness (QED) is 0.666. The van der Waals surface area contributed by atoms with Crippen LogP contribution in [0.25, 0.3) is 0 Å². The van der Waals surface area contributed by atoms with Crippen molar-refractivity contribution in [3.05, 3.63) is 5.89 Å². The van der Waals surface area contributed by atoms with Crippen molar-refractivity contribution in [1.29, 1.82) is 0 Å². The van der Waals surface area contributed by atoms with Gasteiger partial charge in [-0.2, -0.15) is 0 Å². The van der Waals surface area contributed by atoms with Crippen LogP contribution in [0.2, 0.25) is 0 Å². The van der Waals surface area contributed by atoms with E-state index >= 15 is 0 Å². The zero-order valence-electron chi connectivity index (χ0n) is 6.82. The van der Waals surface area contributed by atoms with Crippen molar-refractivity contribution in [2.45, 2.75) is 31.9 Å². The van der Waals surface area contributed by atoms with E-state index in [1.807, 2.05) is 0 Å². The number of aliphatic hydroxyl groups excluding tert-OH is 1. The van der Waals surface area contributed by atoms with Crippen LogP contribution in [0.15, 0.2) is 4.42 Å². The first-order valence-corrected chi connectivity index (χ1v) is 3.99. The van der Waals surface area contributed by atoms with Gasteiger partial charge in [0.2, 0.25) is 5.89 Å². The molecule has 5 heteroatoms. The number of anilines is 1. The highest BCUT2D eigenvalue weighted by atomic mass is 16.4. The van der Waals surface area contributed by atoms with E-state index in [1.54, 1.807) is 6.92 Å². The van der Waals surface area contributed by atoms with Crippen LogP contribution in [0.4, 0.5) is 6.01 Å². The molecule has 0 bridgehead atoms. The second-order valence-electron chi connectivity index (χ2n) is 3.09. The van der Waals surface area contributed by atoms with E-state index in [2.05, 4.69) is 15.5 Å². The number of aromatic nitrogens is 2. The Kier molecular flexibility index (Phi) is 1.73. The lowest BCUT2D eigenvalue weighted by atomic mass is 9.90. The molecule has 12 heavy (non-hydrogen) atoms. The third kappa shape index (κ3) is 1.40. The number of rotatable bonds is 2. The molecule has 1 aliphatic rings. The summed E-state index contributed by atoms with van der Waals surface area (Å²) in [7, 11) is 0. The first kappa shape index (κ1) is 7.54. The third-order valence-corrected chi connectivity index (χ3v) is 1.97. The highest BCUT2D eigenvalue weighted by Crippen LogP contribution is 2.23. The summed E-state index contributed by atoms with van der Waals surface area (Å²) in [6.07, 6.45) is 1.37. The fraction of sp³-hybridized carbons (Fsp3) is 0.714. The molecule has 0 radical (unpaired) electrons. The Bertz CT molecular complexity index is 267. The summed E-state index contributed by atoms with van der Waals surface area (Å²) in [5, 5.41) is 19.5. The minimum absolute atomic E-state index is 0.161. The van der Waals surface area contributed by atoms with Crippen molar-refractivity contribution in [3.8, 4) is 0 Å². The van der Waals surface area contributed by atoms with Crippen LogP contribution >= 0.6 is 0 Å². The highest BCUT2D eigenvalue weighted by molar-refractivity contribution is 5.21. The lowest BCUT2D eigenvalue weighted by Crippen LogP contribution is -2.39. The summed E-state index contributed by atoms with van der Waals surface area (Å²) in [6, 6.07) is 0.740. The van der Waals surface area contributed by atoms with Gasteiger partial charge >= 0.3 is 6.01 Å². The van der Waals surface area contributed by atoms with Gasteiger partial charge in [0.15, 0.2) is 0 Å². The van der Waals surface area contributed by atoms with Crippen LogP contribution in [0.3, 0.4) is 0 Å².